The molecule has 2 heterocycles. The fourth-order valence-electron chi connectivity index (χ4n) is 3.53. The number of piperazine rings is 1. The predicted molar refractivity (Wildman–Crippen MR) is 89.6 cm³/mol. The molecule has 0 aromatic carbocycles. The lowest BCUT2D eigenvalue weighted by atomic mass is 9.92. The number of rotatable bonds is 3. The Hall–Kier alpha value is -1.89. The van der Waals surface area contributed by atoms with Crippen LogP contribution < -0.4 is 10.2 Å². The fourth-order valence-corrected chi connectivity index (χ4v) is 3.53. The van der Waals surface area contributed by atoms with E-state index in [9.17, 15) is 9.18 Å². The lowest BCUT2D eigenvalue weighted by Crippen LogP contribution is -2.56. The topological polar surface area (TPSA) is 57.7 Å². The first-order valence-electron chi connectivity index (χ1n) is 8.62. The standard InChI is InChI=1S/C17H25FN4O2/c1-24-15-7-3-2-6-14(15)20-17(23)22-11-9-21(10-12-22)16-13(18)5-4-8-19-16/h4-5,8,14-15H,2-3,6-7,9-12H2,1H3,(H,20,23)/t14-,15-/m0/s1. The number of methoxy groups -OCH3 is 1. The molecule has 2 atom stereocenters. The summed E-state index contributed by atoms with van der Waals surface area (Å²) in [5.74, 6) is 0.0461. The minimum absolute atomic E-state index is 0.0508. The van der Waals surface area contributed by atoms with Crippen LogP contribution in [0.3, 0.4) is 0 Å². The molecule has 2 amide bonds. The van der Waals surface area contributed by atoms with E-state index in [0.29, 0.717) is 32.0 Å². The monoisotopic (exact) mass is 336 g/mol. The molecule has 7 heteroatoms. The summed E-state index contributed by atoms with van der Waals surface area (Å²) in [6.45, 7) is 2.29. The summed E-state index contributed by atoms with van der Waals surface area (Å²) in [5, 5.41) is 3.11. The molecular formula is C17H25FN4O2. The lowest BCUT2D eigenvalue weighted by molar-refractivity contribution is 0.0430. The van der Waals surface area contributed by atoms with Gasteiger partial charge in [0.1, 0.15) is 0 Å². The molecule has 3 rings (SSSR count). The lowest BCUT2D eigenvalue weighted by Gasteiger charge is -2.37. The molecule has 1 aliphatic heterocycles. The Balaban J connectivity index is 1.52. The number of anilines is 1. The highest BCUT2D eigenvalue weighted by atomic mass is 19.1. The third-order valence-electron chi connectivity index (χ3n) is 4.92. The molecule has 1 aromatic heterocycles. The van der Waals surface area contributed by atoms with E-state index in [-0.39, 0.29) is 24.0 Å². The number of pyridine rings is 1. The molecule has 1 aliphatic carbocycles. The van der Waals surface area contributed by atoms with Gasteiger partial charge in [-0.05, 0) is 25.0 Å². The van der Waals surface area contributed by atoms with Gasteiger partial charge in [-0.3, -0.25) is 0 Å². The molecular weight excluding hydrogens is 311 g/mol. The second-order valence-electron chi connectivity index (χ2n) is 6.40. The summed E-state index contributed by atoms with van der Waals surface area (Å²) < 4.78 is 19.3. The highest BCUT2D eigenvalue weighted by molar-refractivity contribution is 5.75. The minimum atomic E-state index is -0.319. The maximum Gasteiger partial charge on any atom is 0.317 e. The summed E-state index contributed by atoms with van der Waals surface area (Å²) in [7, 11) is 1.70. The normalized spacial score (nSPS) is 24.8. The van der Waals surface area contributed by atoms with Crippen molar-refractivity contribution < 1.29 is 13.9 Å². The Morgan fingerprint density at radius 3 is 2.75 bits per heavy atom. The van der Waals surface area contributed by atoms with Gasteiger partial charge in [0.15, 0.2) is 11.6 Å². The van der Waals surface area contributed by atoms with Crippen LogP contribution in [0.4, 0.5) is 15.0 Å². The molecule has 2 fully saturated rings. The van der Waals surface area contributed by atoms with Crippen LogP contribution in [0.1, 0.15) is 25.7 Å². The van der Waals surface area contributed by atoms with E-state index in [1.54, 1.807) is 24.3 Å². The van der Waals surface area contributed by atoms with Crippen LogP contribution >= 0.6 is 0 Å². The van der Waals surface area contributed by atoms with E-state index in [1.165, 1.54) is 6.07 Å². The largest absolute Gasteiger partial charge is 0.379 e. The average Bonchev–Trinajstić information content (AvgIpc) is 2.63. The van der Waals surface area contributed by atoms with Gasteiger partial charge in [-0.1, -0.05) is 12.8 Å². The number of amides is 2. The van der Waals surface area contributed by atoms with Crippen molar-refractivity contribution in [2.24, 2.45) is 0 Å². The van der Waals surface area contributed by atoms with Crippen LogP contribution in [0.15, 0.2) is 18.3 Å². The molecule has 132 valence electrons. The highest BCUT2D eigenvalue weighted by Gasteiger charge is 2.29. The number of carbonyl (C=O) groups is 1. The number of carbonyl (C=O) groups excluding carboxylic acids is 1. The Bertz CT molecular complexity index is 563. The molecule has 24 heavy (non-hydrogen) atoms. The third kappa shape index (κ3) is 3.77. The first kappa shape index (κ1) is 17.0. The highest BCUT2D eigenvalue weighted by Crippen LogP contribution is 2.21. The molecule has 0 radical (unpaired) electrons. The molecule has 0 spiro atoms. The molecule has 1 saturated heterocycles. The average molecular weight is 336 g/mol. The van der Waals surface area contributed by atoms with Crippen LogP contribution in [-0.4, -0.2) is 61.3 Å². The fraction of sp³-hybridized carbons (Fsp3) is 0.647. The first-order chi connectivity index (χ1) is 11.7. The van der Waals surface area contributed by atoms with Crippen molar-refractivity contribution in [2.45, 2.75) is 37.8 Å². The Kier molecular flexibility index (Phi) is 5.50. The van der Waals surface area contributed by atoms with E-state index < -0.39 is 0 Å². The van der Waals surface area contributed by atoms with Gasteiger partial charge in [0.25, 0.3) is 0 Å². The molecule has 6 nitrogen and oxygen atoms in total. The van der Waals surface area contributed by atoms with Gasteiger partial charge in [0, 0.05) is 39.5 Å². The van der Waals surface area contributed by atoms with E-state index in [2.05, 4.69) is 10.3 Å². The Morgan fingerprint density at radius 1 is 1.29 bits per heavy atom. The number of hydrogen-bond acceptors (Lipinski definition) is 4. The van der Waals surface area contributed by atoms with Crippen molar-refractivity contribution >= 4 is 11.8 Å². The van der Waals surface area contributed by atoms with E-state index in [1.807, 2.05) is 4.90 Å². The first-order valence-corrected chi connectivity index (χ1v) is 8.62. The van der Waals surface area contributed by atoms with Gasteiger partial charge in [0.2, 0.25) is 0 Å². The maximum atomic E-state index is 13.8. The Labute approximate surface area is 142 Å². The van der Waals surface area contributed by atoms with Crippen LogP contribution in [0.5, 0.6) is 0 Å². The smallest absolute Gasteiger partial charge is 0.317 e. The summed E-state index contributed by atoms with van der Waals surface area (Å²) in [4.78, 5) is 20.3. The van der Waals surface area contributed by atoms with Crippen LogP contribution in [0.2, 0.25) is 0 Å². The number of urea groups is 1. The van der Waals surface area contributed by atoms with Crippen molar-refractivity contribution in [1.29, 1.82) is 0 Å². The number of nitrogens with one attached hydrogen (secondary N) is 1. The number of ether oxygens (including phenoxy) is 1. The Morgan fingerprint density at radius 2 is 2.04 bits per heavy atom. The van der Waals surface area contributed by atoms with Crippen LogP contribution in [0.25, 0.3) is 0 Å². The van der Waals surface area contributed by atoms with Crippen LogP contribution in [-0.2, 0) is 4.74 Å². The van der Waals surface area contributed by atoms with Crippen molar-refractivity contribution in [1.82, 2.24) is 15.2 Å². The van der Waals surface area contributed by atoms with Gasteiger partial charge in [-0.15, -0.1) is 0 Å². The molecule has 0 unspecified atom stereocenters. The number of hydrogen-bond donors (Lipinski definition) is 1. The van der Waals surface area contributed by atoms with Gasteiger partial charge in [-0.2, -0.15) is 0 Å². The second-order valence-corrected chi connectivity index (χ2v) is 6.40. The molecule has 2 aliphatic rings. The van der Waals surface area contributed by atoms with Crippen molar-refractivity contribution in [3.8, 4) is 0 Å². The van der Waals surface area contributed by atoms with E-state index in [4.69, 9.17) is 4.74 Å². The summed E-state index contributed by atoms with van der Waals surface area (Å²) in [6.07, 6.45) is 5.92. The zero-order valence-corrected chi connectivity index (χ0v) is 14.1. The molecule has 1 aromatic rings. The van der Waals surface area contributed by atoms with Crippen molar-refractivity contribution in [3.05, 3.63) is 24.1 Å². The maximum absolute atomic E-state index is 13.8. The number of nitrogens with zero attached hydrogens (tertiary/aromatic N) is 3. The van der Waals surface area contributed by atoms with Gasteiger partial charge >= 0.3 is 6.03 Å². The van der Waals surface area contributed by atoms with E-state index >= 15 is 0 Å². The quantitative estimate of drug-likeness (QED) is 0.917. The van der Waals surface area contributed by atoms with E-state index in [0.717, 1.165) is 25.7 Å². The van der Waals surface area contributed by atoms with Gasteiger partial charge < -0.3 is 19.9 Å². The third-order valence-corrected chi connectivity index (χ3v) is 4.92. The minimum Gasteiger partial charge on any atom is -0.379 e. The van der Waals surface area contributed by atoms with Crippen molar-refractivity contribution in [3.63, 3.8) is 0 Å². The molecule has 1 saturated carbocycles. The zero-order chi connectivity index (χ0) is 16.9. The number of halogens is 1. The van der Waals surface area contributed by atoms with Crippen LogP contribution in [0, 0.1) is 5.82 Å². The second kappa shape index (κ2) is 7.79. The molecule has 0 bridgehead atoms. The van der Waals surface area contributed by atoms with Gasteiger partial charge in [0.05, 0.1) is 12.1 Å². The zero-order valence-electron chi connectivity index (χ0n) is 14.1. The summed E-state index contributed by atoms with van der Waals surface area (Å²) in [6, 6.07) is 3.03. The summed E-state index contributed by atoms with van der Waals surface area (Å²) >= 11 is 0. The number of aromatic nitrogens is 1. The van der Waals surface area contributed by atoms with Crippen molar-refractivity contribution in [2.75, 3.05) is 38.2 Å². The SMILES string of the molecule is CO[C@H]1CCCC[C@@H]1NC(=O)N1CCN(c2ncccc2F)CC1. The summed E-state index contributed by atoms with van der Waals surface area (Å²) in [5.41, 5.74) is 0. The van der Waals surface area contributed by atoms with Gasteiger partial charge in [-0.25, -0.2) is 14.2 Å². The predicted octanol–water partition coefficient (Wildman–Crippen LogP) is 2.01. The molecule has 1 N–H and O–H groups in total.